The van der Waals surface area contributed by atoms with Crippen molar-refractivity contribution >= 4 is 5.69 Å². The van der Waals surface area contributed by atoms with E-state index in [4.69, 9.17) is 0 Å². The van der Waals surface area contributed by atoms with Crippen LogP contribution < -0.4 is 5.32 Å². The number of halogens is 1. The number of rotatable bonds is 2. The van der Waals surface area contributed by atoms with Gasteiger partial charge in [-0.3, -0.25) is 0 Å². The van der Waals surface area contributed by atoms with Crippen LogP contribution in [-0.4, -0.2) is 6.04 Å². The minimum Gasteiger partial charge on any atom is -0.381 e. The number of nitrogens with one attached hydrogen (secondary N) is 1. The minimum atomic E-state index is -0.147. The Kier molecular flexibility index (Phi) is 2.78. The number of benzene rings is 2. The van der Waals surface area contributed by atoms with Gasteiger partial charge in [-0.05, 0) is 54.7 Å². The molecule has 1 unspecified atom stereocenters. The van der Waals surface area contributed by atoms with Crippen molar-refractivity contribution in [3.63, 3.8) is 0 Å². The van der Waals surface area contributed by atoms with Crippen LogP contribution in [0.15, 0.2) is 42.5 Å². The summed E-state index contributed by atoms with van der Waals surface area (Å²) >= 11 is 0. The summed E-state index contributed by atoms with van der Waals surface area (Å²) < 4.78 is 13.3. The van der Waals surface area contributed by atoms with Crippen LogP contribution >= 0.6 is 0 Å². The number of hydrogen-bond acceptors (Lipinski definition) is 1. The molecule has 1 N–H and O–H groups in total. The van der Waals surface area contributed by atoms with Crippen LogP contribution in [0.25, 0.3) is 0 Å². The zero-order valence-electron chi connectivity index (χ0n) is 10.4. The van der Waals surface area contributed by atoms with E-state index in [1.807, 2.05) is 19.1 Å². The Hall–Kier alpha value is -1.83. The molecule has 0 spiro atoms. The van der Waals surface area contributed by atoms with Crippen molar-refractivity contribution in [2.75, 3.05) is 5.32 Å². The van der Waals surface area contributed by atoms with Crippen LogP contribution in [0.3, 0.4) is 0 Å². The van der Waals surface area contributed by atoms with E-state index in [9.17, 15) is 4.39 Å². The molecule has 0 bridgehead atoms. The van der Waals surface area contributed by atoms with Gasteiger partial charge in [0.05, 0.1) is 0 Å². The van der Waals surface area contributed by atoms with Gasteiger partial charge in [0, 0.05) is 11.7 Å². The largest absolute Gasteiger partial charge is 0.381 e. The first-order chi connectivity index (χ1) is 8.72. The minimum absolute atomic E-state index is 0.147. The third kappa shape index (κ3) is 2.10. The quantitative estimate of drug-likeness (QED) is 0.845. The second-order valence-corrected chi connectivity index (χ2v) is 4.98. The van der Waals surface area contributed by atoms with Crippen molar-refractivity contribution in [3.8, 4) is 0 Å². The summed E-state index contributed by atoms with van der Waals surface area (Å²) in [6.07, 6.45) is 1.89. The van der Waals surface area contributed by atoms with Gasteiger partial charge >= 0.3 is 0 Å². The maximum absolute atomic E-state index is 13.3. The molecule has 1 atom stereocenters. The third-order valence-electron chi connectivity index (χ3n) is 3.62. The molecule has 18 heavy (non-hydrogen) atoms. The Morgan fingerprint density at radius 3 is 2.89 bits per heavy atom. The summed E-state index contributed by atoms with van der Waals surface area (Å²) in [5.41, 5.74) is 4.84. The molecule has 0 amide bonds. The summed E-state index contributed by atoms with van der Waals surface area (Å²) in [5, 5.41) is 3.51. The SMILES string of the molecule is Cc1ccc(F)cc1CC1Cc2ccccc2N1. The highest BCUT2D eigenvalue weighted by Gasteiger charge is 2.20. The lowest BCUT2D eigenvalue weighted by Crippen LogP contribution is -2.19. The summed E-state index contributed by atoms with van der Waals surface area (Å²) in [6.45, 7) is 2.04. The molecule has 1 nitrogen and oxygen atoms in total. The van der Waals surface area contributed by atoms with Crippen molar-refractivity contribution in [1.82, 2.24) is 0 Å². The molecule has 1 aliphatic heterocycles. The molecule has 2 aromatic carbocycles. The van der Waals surface area contributed by atoms with Crippen molar-refractivity contribution in [2.45, 2.75) is 25.8 Å². The first-order valence-corrected chi connectivity index (χ1v) is 6.32. The molecule has 2 heteroatoms. The normalized spacial score (nSPS) is 17.3. The molecule has 0 saturated carbocycles. The van der Waals surface area contributed by atoms with Crippen LogP contribution in [0.2, 0.25) is 0 Å². The average Bonchev–Trinajstić information content (AvgIpc) is 2.76. The molecule has 0 aromatic heterocycles. The molecule has 1 heterocycles. The summed E-state index contributed by atoms with van der Waals surface area (Å²) in [4.78, 5) is 0. The lowest BCUT2D eigenvalue weighted by atomic mass is 9.99. The van der Waals surface area contributed by atoms with Crippen LogP contribution in [0, 0.1) is 12.7 Å². The highest BCUT2D eigenvalue weighted by Crippen LogP contribution is 2.27. The van der Waals surface area contributed by atoms with E-state index in [2.05, 4.69) is 23.5 Å². The molecule has 2 aromatic rings. The highest BCUT2D eigenvalue weighted by molar-refractivity contribution is 5.56. The van der Waals surface area contributed by atoms with E-state index < -0.39 is 0 Å². The monoisotopic (exact) mass is 241 g/mol. The Balaban J connectivity index is 1.78. The van der Waals surface area contributed by atoms with E-state index in [1.165, 1.54) is 17.3 Å². The topological polar surface area (TPSA) is 12.0 Å². The maximum Gasteiger partial charge on any atom is 0.123 e. The Morgan fingerprint density at radius 2 is 2.06 bits per heavy atom. The van der Waals surface area contributed by atoms with Gasteiger partial charge in [-0.1, -0.05) is 24.3 Å². The van der Waals surface area contributed by atoms with Crippen LogP contribution in [0.4, 0.5) is 10.1 Å². The second kappa shape index (κ2) is 4.45. The van der Waals surface area contributed by atoms with Gasteiger partial charge < -0.3 is 5.32 Å². The third-order valence-corrected chi connectivity index (χ3v) is 3.62. The number of para-hydroxylation sites is 1. The van der Waals surface area contributed by atoms with Gasteiger partial charge in [0.1, 0.15) is 5.82 Å². The van der Waals surface area contributed by atoms with Crippen LogP contribution in [0.1, 0.15) is 16.7 Å². The van der Waals surface area contributed by atoms with E-state index in [-0.39, 0.29) is 5.82 Å². The van der Waals surface area contributed by atoms with E-state index in [0.29, 0.717) is 6.04 Å². The van der Waals surface area contributed by atoms with Crippen molar-refractivity contribution < 1.29 is 4.39 Å². The molecule has 3 rings (SSSR count). The molecule has 92 valence electrons. The van der Waals surface area contributed by atoms with Gasteiger partial charge in [0.25, 0.3) is 0 Å². The van der Waals surface area contributed by atoms with Gasteiger partial charge in [-0.25, -0.2) is 4.39 Å². The number of anilines is 1. The fourth-order valence-corrected chi connectivity index (χ4v) is 2.62. The number of fused-ring (bicyclic) bond motifs is 1. The van der Waals surface area contributed by atoms with Crippen LogP contribution in [0.5, 0.6) is 0 Å². The lowest BCUT2D eigenvalue weighted by Gasteiger charge is -2.13. The number of hydrogen-bond donors (Lipinski definition) is 1. The zero-order valence-corrected chi connectivity index (χ0v) is 10.4. The summed E-state index contributed by atoms with van der Waals surface area (Å²) in [7, 11) is 0. The standard InChI is InChI=1S/C16H16FN/c1-11-6-7-14(17)8-13(11)10-15-9-12-4-2-3-5-16(12)18-15/h2-8,15,18H,9-10H2,1H3. The van der Waals surface area contributed by atoms with Crippen LogP contribution in [-0.2, 0) is 12.8 Å². The first-order valence-electron chi connectivity index (χ1n) is 6.32. The van der Waals surface area contributed by atoms with E-state index in [0.717, 1.165) is 24.0 Å². The molecule has 0 saturated heterocycles. The predicted molar refractivity (Wildman–Crippen MR) is 72.4 cm³/mol. The fourth-order valence-electron chi connectivity index (χ4n) is 2.62. The molecule has 0 radical (unpaired) electrons. The smallest absolute Gasteiger partial charge is 0.123 e. The zero-order chi connectivity index (χ0) is 12.5. The molecular weight excluding hydrogens is 225 g/mol. The van der Waals surface area contributed by atoms with Gasteiger partial charge in [-0.15, -0.1) is 0 Å². The Morgan fingerprint density at radius 1 is 1.22 bits per heavy atom. The van der Waals surface area contributed by atoms with E-state index >= 15 is 0 Å². The Labute approximate surface area is 107 Å². The second-order valence-electron chi connectivity index (χ2n) is 4.98. The maximum atomic E-state index is 13.3. The molecular formula is C16H16FN. The van der Waals surface area contributed by atoms with Crippen molar-refractivity contribution in [2.24, 2.45) is 0 Å². The highest BCUT2D eigenvalue weighted by atomic mass is 19.1. The van der Waals surface area contributed by atoms with Gasteiger partial charge in [0.2, 0.25) is 0 Å². The van der Waals surface area contributed by atoms with Gasteiger partial charge in [-0.2, -0.15) is 0 Å². The van der Waals surface area contributed by atoms with Crippen molar-refractivity contribution in [1.29, 1.82) is 0 Å². The van der Waals surface area contributed by atoms with Crippen molar-refractivity contribution in [3.05, 3.63) is 65.0 Å². The average molecular weight is 241 g/mol. The Bertz CT molecular complexity index is 552. The first kappa shape index (κ1) is 11.3. The predicted octanol–water partition coefficient (Wildman–Crippen LogP) is 3.71. The number of aryl methyl sites for hydroxylation is 1. The summed E-state index contributed by atoms with van der Waals surface area (Å²) in [5.74, 6) is -0.147. The van der Waals surface area contributed by atoms with Gasteiger partial charge in [0.15, 0.2) is 0 Å². The fraction of sp³-hybridized carbons (Fsp3) is 0.250. The molecule has 0 aliphatic carbocycles. The molecule has 0 fully saturated rings. The lowest BCUT2D eigenvalue weighted by molar-refractivity contribution is 0.622. The summed E-state index contributed by atoms with van der Waals surface area (Å²) in [6, 6.07) is 13.8. The van der Waals surface area contributed by atoms with E-state index in [1.54, 1.807) is 6.07 Å². The molecule has 1 aliphatic rings.